The Hall–Kier alpha value is -4.68. The molecule has 0 aliphatic rings. The first kappa shape index (κ1) is 26.5. The number of carboxylic acid groups (broad SMARTS) is 1. The molecule has 3 aromatic carbocycles. The second kappa shape index (κ2) is 11.4. The molecule has 3 aromatic heterocycles. The maximum Gasteiger partial charge on any atom is 0.352 e. The topological polar surface area (TPSA) is 77.2 Å². The van der Waals surface area contributed by atoms with Crippen molar-refractivity contribution < 1.29 is 14.6 Å². The van der Waals surface area contributed by atoms with Gasteiger partial charge in [0.1, 0.15) is 16.6 Å². The van der Waals surface area contributed by atoms with Crippen molar-refractivity contribution in [3.63, 3.8) is 0 Å². The van der Waals surface area contributed by atoms with Gasteiger partial charge in [-0.2, -0.15) is 0 Å². The van der Waals surface area contributed by atoms with Gasteiger partial charge in [-0.25, -0.2) is 9.78 Å². The van der Waals surface area contributed by atoms with Crippen LogP contribution in [0.25, 0.3) is 32.8 Å². The van der Waals surface area contributed by atoms with Crippen LogP contribution < -0.4 is 4.74 Å². The van der Waals surface area contributed by atoms with Gasteiger partial charge in [-0.05, 0) is 60.0 Å². The first-order chi connectivity index (χ1) is 20.0. The number of rotatable bonds is 9. The summed E-state index contributed by atoms with van der Waals surface area (Å²) in [5, 5.41) is 14.0. The van der Waals surface area contributed by atoms with Gasteiger partial charge in [0.05, 0.1) is 12.1 Å². The number of hydrogen-bond donors (Lipinski definition) is 1. The van der Waals surface area contributed by atoms with Crippen LogP contribution in [0.15, 0.2) is 97.5 Å². The summed E-state index contributed by atoms with van der Waals surface area (Å²) in [5.74, 6) is -0.153. The molecule has 0 saturated heterocycles. The van der Waals surface area contributed by atoms with E-state index < -0.39 is 5.97 Å². The van der Waals surface area contributed by atoms with Gasteiger partial charge >= 0.3 is 5.97 Å². The lowest BCUT2D eigenvalue weighted by Crippen LogP contribution is -2.12. The summed E-state index contributed by atoms with van der Waals surface area (Å²) in [6.45, 7) is 2.79. The highest BCUT2D eigenvalue weighted by Gasteiger charge is 2.25. The number of halogens is 1. The van der Waals surface area contributed by atoms with E-state index in [1.807, 2.05) is 78.2 Å². The van der Waals surface area contributed by atoms with Crippen molar-refractivity contribution in [2.75, 3.05) is 6.61 Å². The summed E-state index contributed by atoms with van der Waals surface area (Å²) >= 11 is 6.62. The van der Waals surface area contributed by atoms with Gasteiger partial charge in [-0.15, -0.1) is 0 Å². The number of ether oxygens (including phenoxy) is 1. The molecular formula is C34H28ClN3O3. The van der Waals surface area contributed by atoms with Gasteiger partial charge in [0, 0.05) is 47.0 Å². The Kier molecular flexibility index (Phi) is 7.40. The Bertz CT molecular complexity index is 1860. The van der Waals surface area contributed by atoms with Crippen molar-refractivity contribution in [2.45, 2.75) is 26.3 Å². The summed E-state index contributed by atoms with van der Waals surface area (Å²) in [6, 6.07) is 25.8. The molecule has 6 nitrogen and oxygen atoms in total. The molecule has 0 unspecified atom stereocenters. The molecule has 0 amide bonds. The number of nitrogens with zero attached hydrogens (tertiary/aromatic N) is 3. The van der Waals surface area contributed by atoms with Gasteiger partial charge in [-0.1, -0.05) is 72.3 Å². The first-order valence-electron chi connectivity index (χ1n) is 13.5. The molecule has 0 bridgehead atoms. The maximum absolute atomic E-state index is 12.9. The third-order valence-corrected chi connectivity index (χ3v) is 7.70. The van der Waals surface area contributed by atoms with Crippen LogP contribution in [0.1, 0.15) is 33.6 Å². The predicted molar refractivity (Wildman–Crippen MR) is 163 cm³/mol. The van der Waals surface area contributed by atoms with E-state index >= 15 is 0 Å². The van der Waals surface area contributed by atoms with E-state index in [1.165, 1.54) is 0 Å². The normalized spacial score (nSPS) is 11.3. The third kappa shape index (κ3) is 5.14. The highest BCUT2D eigenvalue weighted by molar-refractivity contribution is 6.32. The van der Waals surface area contributed by atoms with E-state index in [4.69, 9.17) is 16.3 Å². The zero-order chi connectivity index (χ0) is 28.3. The second-order valence-corrected chi connectivity index (χ2v) is 10.4. The zero-order valence-electron chi connectivity index (χ0n) is 22.5. The van der Waals surface area contributed by atoms with Crippen LogP contribution in [0.5, 0.6) is 5.75 Å². The summed E-state index contributed by atoms with van der Waals surface area (Å²) in [5.41, 5.74) is 5.37. The zero-order valence-corrected chi connectivity index (χ0v) is 23.3. The van der Waals surface area contributed by atoms with Crippen molar-refractivity contribution in [3.8, 4) is 16.9 Å². The Labute approximate surface area is 242 Å². The van der Waals surface area contributed by atoms with Crippen LogP contribution >= 0.6 is 11.6 Å². The van der Waals surface area contributed by atoms with Gasteiger partial charge in [0.25, 0.3) is 0 Å². The lowest BCUT2D eigenvalue weighted by Gasteiger charge is -2.14. The number of fused-ring (bicyclic) bond motifs is 2. The number of aromatic carboxylic acids is 1. The Morgan fingerprint density at radius 1 is 0.951 bits per heavy atom. The number of para-hydroxylation sites is 1. The van der Waals surface area contributed by atoms with E-state index in [0.717, 1.165) is 55.2 Å². The Morgan fingerprint density at radius 2 is 1.76 bits per heavy atom. The Balaban J connectivity index is 1.42. The van der Waals surface area contributed by atoms with Crippen LogP contribution in [0.4, 0.5) is 0 Å². The van der Waals surface area contributed by atoms with E-state index in [2.05, 4.69) is 22.1 Å². The molecule has 3 heterocycles. The average molecular weight is 562 g/mol. The van der Waals surface area contributed by atoms with Gasteiger partial charge in [-0.3, -0.25) is 4.98 Å². The van der Waals surface area contributed by atoms with Crippen molar-refractivity contribution >= 4 is 39.2 Å². The molecule has 0 spiro atoms. The summed E-state index contributed by atoms with van der Waals surface area (Å²) in [4.78, 5) is 21.5. The predicted octanol–water partition coefficient (Wildman–Crippen LogP) is 7.97. The van der Waals surface area contributed by atoms with E-state index in [-0.39, 0.29) is 5.69 Å². The van der Waals surface area contributed by atoms with E-state index in [1.54, 1.807) is 18.6 Å². The van der Waals surface area contributed by atoms with E-state index in [9.17, 15) is 9.90 Å². The van der Waals surface area contributed by atoms with Crippen LogP contribution in [-0.4, -0.2) is 32.2 Å². The molecule has 0 fully saturated rings. The fraction of sp³-hybridized carbons (Fsp3) is 0.147. The number of carbonyl (C=O) groups is 1. The third-order valence-electron chi connectivity index (χ3n) is 7.41. The van der Waals surface area contributed by atoms with E-state index in [0.29, 0.717) is 31.1 Å². The van der Waals surface area contributed by atoms with Crippen molar-refractivity contribution in [2.24, 2.45) is 0 Å². The largest absolute Gasteiger partial charge is 0.493 e. The number of pyridine rings is 2. The molecule has 41 heavy (non-hydrogen) atoms. The highest BCUT2D eigenvalue weighted by Crippen LogP contribution is 2.39. The van der Waals surface area contributed by atoms with Gasteiger partial charge in [0.15, 0.2) is 0 Å². The smallest absolute Gasteiger partial charge is 0.352 e. The van der Waals surface area contributed by atoms with Crippen LogP contribution in [0.3, 0.4) is 0 Å². The second-order valence-electron chi connectivity index (χ2n) is 10.0. The standard InChI is InChI=1S/C34H28ClN3O3/c1-22-16-18-37-33(35)30(22)28-13-5-12-26-27(14-7-19-41-29-15-4-10-24-9-2-3-11-25(24)29)32(34(39)40)38(31(26)28)21-23-8-6-17-36-20-23/h2-6,8-13,15-18,20H,7,14,19,21H2,1H3,(H,39,40). The minimum absolute atomic E-state index is 0.263. The molecular weight excluding hydrogens is 534 g/mol. The molecule has 204 valence electrons. The maximum atomic E-state index is 12.9. The lowest BCUT2D eigenvalue weighted by atomic mass is 9.98. The van der Waals surface area contributed by atoms with Gasteiger partial charge < -0.3 is 14.4 Å². The SMILES string of the molecule is Cc1ccnc(Cl)c1-c1cccc2c(CCCOc3cccc4ccccc34)c(C(=O)O)n(Cc3cccnc3)c12. The Morgan fingerprint density at radius 3 is 2.56 bits per heavy atom. The number of aromatic nitrogens is 3. The molecule has 0 aliphatic carbocycles. The first-order valence-corrected chi connectivity index (χ1v) is 13.9. The molecule has 6 aromatic rings. The minimum Gasteiger partial charge on any atom is -0.493 e. The van der Waals surface area contributed by atoms with Crippen molar-refractivity contribution in [1.29, 1.82) is 0 Å². The van der Waals surface area contributed by atoms with Crippen molar-refractivity contribution in [3.05, 3.63) is 125 Å². The van der Waals surface area contributed by atoms with Crippen LogP contribution in [0.2, 0.25) is 5.15 Å². The highest BCUT2D eigenvalue weighted by atomic mass is 35.5. The molecule has 7 heteroatoms. The number of benzene rings is 3. The number of carboxylic acids is 1. The molecule has 0 saturated carbocycles. The molecule has 0 atom stereocenters. The monoisotopic (exact) mass is 561 g/mol. The summed E-state index contributed by atoms with van der Waals surface area (Å²) in [6.07, 6.45) is 6.33. The number of aryl methyl sites for hydroxylation is 2. The molecule has 1 N–H and O–H groups in total. The fourth-order valence-electron chi connectivity index (χ4n) is 5.61. The molecule has 0 radical (unpaired) electrons. The van der Waals surface area contributed by atoms with Crippen LogP contribution in [0, 0.1) is 6.92 Å². The average Bonchev–Trinajstić information content (AvgIpc) is 3.29. The van der Waals surface area contributed by atoms with Crippen molar-refractivity contribution in [1.82, 2.24) is 14.5 Å². The molecule has 6 rings (SSSR count). The van der Waals surface area contributed by atoms with Crippen LogP contribution in [-0.2, 0) is 13.0 Å². The molecule has 0 aliphatic heterocycles. The quantitative estimate of drug-likeness (QED) is 0.143. The lowest BCUT2D eigenvalue weighted by molar-refractivity contribution is 0.0685. The van der Waals surface area contributed by atoms with Gasteiger partial charge in [0.2, 0.25) is 0 Å². The minimum atomic E-state index is -0.977. The number of hydrogen-bond acceptors (Lipinski definition) is 4. The summed E-state index contributed by atoms with van der Waals surface area (Å²) < 4.78 is 8.07. The summed E-state index contributed by atoms with van der Waals surface area (Å²) in [7, 11) is 0. The fourth-order valence-corrected chi connectivity index (χ4v) is 5.92.